The third kappa shape index (κ3) is 8.70. The topological polar surface area (TPSA) is 0 Å². The zero-order valence-corrected chi connectivity index (χ0v) is 11.7. The van der Waals surface area contributed by atoms with E-state index in [2.05, 4.69) is 53.7 Å². The van der Waals surface area contributed by atoms with Gasteiger partial charge in [-0.2, -0.15) is 0 Å². The van der Waals surface area contributed by atoms with Crippen LogP contribution >= 0.6 is 0 Å². The van der Waals surface area contributed by atoms with E-state index < -0.39 is 0 Å². The van der Waals surface area contributed by atoms with E-state index >= 15 is 0 Å². The molecule has 0 aromatic heterocycles. The second-order valence-electron chi connectivity index (χ2n) is 6.52. The molecule has 0 aromatic carbocycles. The van der Waals surface area contributed by atoms with Crippen LogP contribution in [0.15, 0.2) is 24.6 Å². The molecule has 94 valence electrons. The van der Waals surface area contributed by atoms with E-state index in [1.165, 1.54) is 0 Å². The van der Waals surface area contributed by atoms with Gasteiger partial charge < -0.3 is 0 Å². The summed E-state index contributed by atoms with van der Waals surface area (Å²) < 4.78 is 12.1. The van der Waals surface area contributed by atoms with E-state index in [9.17, 15) is 4.39 Å². The van der Waals surface area contributed by atoms with Gasteiger partial charge >= 0.3 is 0 Å². The summed E-state index contributed by atoms with van der Waals surface area (Å²) in [5.74, 6) is 0.562. The highest BCUT2D eigenvalue weighted by Crippen LogP contribution is 2.27. The van der Waals surface area contributed by atoms with Crippen molar-refractivity contribution in [2.24, 2.45) is 16.7 Å². The molecule has 0 nitrogen and oxygen atoms in total. The lowest BCUT2D eigenvalue weighted by molar-refractivity contribution is 0.390. The second-order valence-corrected chi connectivity index (χ2v) is 6.52. The third-order valence-corrected chi connectivity index (χ3v) is 2.68. The van der Waals surface area contributed by atoms with Gasteiger partial charge in [0.2, 0.25) is 0 Å². The van der Waals surface area contributed by atoms with Crippen molar-refractivity contribution in [3.8, 4) is 0 Å². The Labute approximate surface area is 101 Å². The highest BCUT2D eigenvalue weighted by atomic mass is 19.1. The Morgan fingerprint density at radius 1 is 1.06 bits per heavy atom. The molecule has 0 rings (SSSR count). The summed E-state index contributed by atoms with van der Waals surface area (Å²) in [6.07, 6.45) is 8.96. The van der Waals surface area contributed by atoms with Gasteiger partial charge in [0, 0.05) is 0 Å². The van der Waals surface area contributed by atoms with Crippen LogP contribution in [-0.2, 0) is 0 Å². The van der Waals surface area contributed by atoms with Gasteiger partial charge in [-0.05, 0) is 29.6 Å². The largest absolute Gasteiger partial charge is 0.216 e. The van der Waals surface area contributed by atoms with Crippen LogP contribution in [0.5, 0.6) is 0 Å². The molecule has 0 aliphatic carbocycles. The first-order chi connectivity index (χ1) is 7.16. The molecule has 1 heteroatoms. The lowest BCUT2D eigenvalue weighted by Crippen LogP contribution is -2.09. The zero-order valence-electron chi connectivity index (χ0n) is 11.7. The Balaban J connectivity index is 4.08. The van der Waals surface area contributed by atoms with Gasteiger partial charge in [-0.1, -0.05) is 59.8 Å². The van der Waals surface area contributed by atoms with E-state index in [0.717, 1.165) is 12.8 Å². The fraction of sp³-hybridized carbons (Fsp3) is 0.733. The first-order valence-corrected chi connectivity index (χ1v) is 6.13. The Morgan fingerprint density at radius 3 is 2.06 bits per heavy atom. The zero-order chi connectivity index (χ0) is 12.8. The predicted octanol–water partition coefficient (Wildman–Crippen LogP) is 5.51. The SMILES string of the molecule is CC(/C=C/C(C)(C)C)CCC(C)(C)/C=C/F. The van der Waals surface area contributed by atoms with Crippen molar-refractivity contribution in [1.82, 2.24) is 0 Å². The fourth-order valence-electron chi connectivity index (χ4n) is 1.40. The summed E-state index contributed by atoms with van der Waals surface area (Å²) in [6.45, 7) is 13.0. The van der Waals surface area contributed by atoms with Crippen molar-refractivity contribution in [1.29, 1.82) is 0 Å². The Bertz CT molecular complexity index is 241. The van der Waals surface area contributed by atoms with E-state index in [4.69, 9.17) is 0 Å². The average Bonchev–Trinajstić information content (AvgIpc) is 2.10. The van der Waals surface area contributed by atoms with E-state index in [-0.39, 0.29) is 10.8 Å². The highest BCUT2D eigenvalue weighted by molar-refractivity contribution is 4.96. The maximum atomic E-state index is 12.1. The maximum absolute atomic E-state index is 12.1. The molecule has 1 unspecified atom stereocenters. The molecular weight excluding hydrogens is 199 g/mol. The van der Waals surface area contributed by atoms with Crippen LogP contribution in [0.25, 0.3) is 0 Å². The summed E-state index contributed by atoms with van der Waals surface area (Å²) in [7, 11) is 0. The summed E-state index contributed by atoms with van der Waals surface area (Å²) in [4.78, 5) is 0. The van der Waals surface area contributed by atoms with Gasteiger partial charge in [0.1, 0.15) is 0 Å². The van der Waals surface area contributed by atoms with Crippen LogP contribution in [0.1, 0.15) is 54.4 Å². The number of hydrogen-bond acceptors (Lipinski definition) is 0. The first-order valence-electron chi connectivity index (χ1n) is 6.13. The number of hydrogen-bond donors (Lipinski definition) is 0. The molecule has 0 amide bonds. The molecule has 0 aliphatic heterocycles. The molecular formula is C15H27F. The molecule has 0 saturated carbocycles. The molecule has 0 aromatic rings. The molecule has 16 heavy (non-hydrogen) atoms. The Hall–Kier alpha value is -0.590. The van der Waals surface area contributed by atoms with E-state index in [1.54, 1.807) is 6.08 Å². The molecule has 0 heterocycles. The van der Waals surface area contributed by atoms with Gasteiger partial charge in [0.25, 0.3) is 0 Å². The van der Waals surface area contributed by atoms with Crippen LogP contribution in [0.4, 0.5) is 4.39 Å². The minimum atomic E-state index is -0.0292. The molecule has 0 bridgehead atoms. The van der Waals surface area contributed by atoms with Crippen molar-refractivity contribution in [2.75, 3.05) is 0 Å². The van der Waals surface area contributed by atoms with Gasteiger partial charge in [-0.25, -0.2) is 4.39 Å². The molecule has 0 aliphatic rings. The minimum Gasteiger partial charge on any atom is -0.216 e. The lowest BCUT2D eigenvalue weighted by Gasteiger charge is -2.21. The van der Waals surface area contributed by atoms with Crippen LogP contribution in [0.2, 0.25) is 0 Å². The minimum absolute atomic E-state index is 0.0292. The third-order valence-electron chi connectivity index (χ3n) is 2.68. The summed E-state index contributed by atoms with van der Waals surface area (Å²) in [5, 5.41) is 0. The van der Waals surface area contributed by atoms with Crippen molar-refractivity contribution < 1.29 is 4.39 Å². The van der Waals surface area contributed by atoms with Gasteiger partial charge in [-0.3, -0.25) is 0 Å². The molecule has 0 spiro atoms. The first kappa shape index (κ1) is 15.4. The van der Waals surface area contributed by atoms with Gasteiger partial charge in [-0.15, -0.1) is 0 Å². The van der Waals surface area contributed by atoms with E-state index in [1.807, 2.05) is 0 Å². The number of rotatable bonds is 5. The van der Waals surface area contributed by atoms with Crippen LogP contribution in [0.3, 0.4) is 0 Å². The van der Waals surface area contributed by atoms with Crippen molar-refractivity contribution >= 4 is 0 Å². The molecule has 0 saturated heterocycles. The predicted molar refractivity (Wildman–Crippen MR) is 71.0 cm³/mol. The summed E-state index contributed by atoms with van der Waals surface area (Å²) in [6, 6.07) is 0. The summed E-state index contributed by atoms with van der Waals surface area (Å²) in [5.41, 5.74) is 0.223. The molecule has 0 radical (unpaired) electrons. The normalized spacial score (nSPS) is 16.2. The van der Waals surface area contributed by atoms with Crippen LogP contribution in [-0.4, -0.2) is 0 Å². The Morgan fingerprint density at radius 2 is 1.62 bits per heavy atom. The number of halogens is 1. The van der Waals surface area contributed by atoms with Crippen LogP contribution < -0.4 is 0 Å². The smallest absolute Gasteiger partial charge is 0.0832 e. The second kappa shape index (κ2) is 6.22. The molecule has 0 fully saturated rings. The van der Waals surface area contributed by atoms with Crippen LogP contribution in [0, 0.1) is 16.7 Å². The molecule has 1 atom stereocenters. The average molecular weight is 226 g/mol. The standard InChI is InChI=1S/C15H27F/c1-13(7-9-14(2,3)4)8-10-15(5,6)11-12-16/h7,9,11-13H,8,10H2,1-6H3/b9-7+,12-11+. The maximum Gasteiger partial charge on any atom is 0.0832 e. The van der Waals surface area contributed by atoms with Gasteiger partial charge in [0.05, 0.1) is 6.33 Å². The lowest BCUT2D eigenvalue weighted by atomic mass is 9.84. The summed E-state index contributed by atoms with van der Waals surface area (Å²) >= 11 is 0. The highest BCUT2D eigenvalue weighted by Gasteiger charge is 2.15. The quantitative estimate of drug-likeness (QED) is 0.542. The van der Waals surface area contributed by atoms with Crippen molar-refractivity contribution in [3.05, 3.63) is 24.6 Å². The van der Waals surface area contributed by atoms with E-state index in [0.29, 0.717) is 12.2 Å². The Kier molecular flexibility index (Phi) is 5.99. The van der Waals surface area contributed by atoms with Gasteiger partial charge in [0.15, 0.2) is 0 Å². The molecule has 0 N–H and O–H groups in total. The van der Waals surface area contributed by atoms with Crippen molar-refractivity contribution in [3.63, 3.8) is 0 Å². The van der Waals surface area contributed by atoms with Crippen molar-refractivity contribution in [2.45, 2.75) is 54.4 Å². The number of allylic oxidation sites excluding steroid dienone is 3. The fourth-order valence-corrected chi connectivity index (χ4v) is 1.40. The monoisotopic (exact) mass is 226 g/mol.